The second-order valence-corrected chi connectivity index (χ2v) is 6.81. The second-order valence-electron chi connectivity index (χ2n) is 6.81. The fraction of sp³-hybridized carbons (Fsp3) is 1.00. The molecule has 0 aromatic heterocycles. The summed E-state index contributed by atoms with van der Waals surface area (Å²) in [5, 5.41) is 10.4. The van der Waals surface area contributed by atoms with E-state index in [9.17, 15) is 5.11 Å². The van der Waals surface area contributed by atoms with E-state index in [1.807, 2.05) is 0 Å². The number of hydrogen-bond donors (Lipinski definition) is 1. The van der Waals surface area contributed by atoms with Crippen molar-refractivity contribution in [1.82, 2.24) is 4.90 Å². The van der Waals surface area contributed by atoms with Crippen molar-refractivity contribution in [2.45, 2.75) is 64.5 Å². The zero-order chi connectivity index (χ0) is 13.7. The molecule has 3 heteroatoms. The SMILES string of the molecule is CC(C)CCN(CC(O)C1CCOC1)C1CCCC1. The van der Waals surface area contributed by atoms with Crippen LogP contribution in [0.2, 0.25) is 0 Å². The van der Waals surface area contributed by atoms with Crippen molar-refractivity contribution < 1.29 is 9.84 Å². The third-order valence-corrected chi connectivity index (χ3v) is 4.77. The van der Waals surface area contributed by atoms with E-state index in [4.69, 9.17) is 4.74 Å². The van der Waals surface area contributed by atoms with Crippen LogP contribution in [0.5, 0.6) is 0 Å². The summed E-state index contributed by atoms with van der Waals surface area (Å²) in [6, 6.07) is 0.718. The molecular formula is C16H31NO2. The number of rotatable bonds is 7. The molecule has 0 aromatic rings. The molecule has 2 fully saturated rings. The van der Waals surface area contributed by atoms with E-state index in [-0.39, 0.29) is 6.10 Å². The van der Waals surface area contributed by atoms with Gasteiger partial charge in [0.15, 0.2) is 0 Å². The standard InChI is InChI=1S/C16H31NO2/c1-13(2)7-9-17(15-5-3-4-6-15)11-16(18)14-8-10-19-12-14/h13-16,18H,3-12H2,1-2H3. The average Bonchev–Trinajstić information content (AvgIpc) is 3.05. The van der Waals surface area contributed by atoms with Crippen molar-refractivity contribution in [2.24, 2.45) is 11.8 Å². The van der Waals surface area contributed by atoms with Crippen molar-refractivity contribution >= 4 is 0 Å². The summed E-state index contributed by atoms with van der Waals surface area (Å²) in [6.45, 7) is 8.15. The van der Waals surface area contributed by atoms with Gasteiger partial charge in [0.05, 0.1) is 12.7 Å². The van der Waals surface area contributed by atoms with Crippen molar-refractivity contribution in [3.05, 3.63) is 0 Å². The lowest BCUT2D eigenvalue weighted by Gasteiger charge is -2.32. The molecule has 0 spiro atoms. The smallest absolute Gasteiger partial charge is 0.0718 e. The summed E-state index contributed by atoms with van der Waals surface area (Å²) in [4.78, 5) is 2.57. The maximum Gasteiger partial charge on any atom is 0.0718 e. The Morgan fingerprint density at radius 2 is 1.95 bits per heavy atom. The first kappa shape index (κ1) is 15.3. The Bertz CT molecular complexity index is 245. The Labute approximate surface area is 118 Å². The Hall–Kier alpha value is -0.120. The summed E-state index contributed by atoms with van der Waals surface area (Å²) in [6.07, 6.45) is 7.46. The van der Waals surface area contributed by atoms with Crippen LogP contribution in [0.1, 0.15) is 52.4 Å². The number of hydrogen-bond acceptors (Lipinski definition) is 3. The van der Waals surface area contributed by atoms with Crippen LogP contribution in [-0.2, 0) is 4.74 Å². The van der Waals surface area contributed by atoms with Gasteiger partial charge in [0, 0.05) is 25.1 Å². The fourth-order valence-corrected chi connectivity index (χ4v) is 3.36. The summed E-state index contributed by atoms with van der Waals surface area (Å²) >= 11 is 0. The summed E-state index contributed by atoms with van der Waals surface area (Å²) < 4.78 is 5.40. The van der Waals surface area contributed by atoms with Gasteiger partial charge >= 0.3 is 0 Å². The van der Waals surface area contributed by atoms with Crippen LogP contribution in [0.4, 0.5) is 0 Å². The molecule has 112 valence electrons. The molecule has 0 radical (unpaired) electrons. The molecule has 1 saturated heterocycles. The van der Waals surface area contributed by atoms with Crippen LogP contribution in [0, 0.1) is 11.8 Å². The Morgan fingerprint density at radius 1 is 1.21 bits per heavy atom. The molecule has 0 bridgehead atoms. The molecule has 0 amide bonds. The highest BCUT2D eigenvalue weighted by Gasteiger charge is 2.29. The van der Waals surface area contributed by atoms with Crippen LogP contribution >= 0.6 is 0 Å². The molecule has 2 atom stereocenters. The Kier molecular flexibility index (Phi) is 6.11. The van der Waals surface area contributed by atoms with Gasteiger partial charge in [0.25, 0.3) is 0 Å². The minimum Gasteiger partial charge on any atom is -0.391 e. The van der Waals surface area contributed by atoms with Gasteiger partial charge in [0.1, 0.15) is 0 Å². The minimum atomic E-state index is -0.199. The van der Waals surface area contributed by atoms with E-state index in [2.05, 4.69) is 18.7 Å². The molecule has 2 aliphatic rings. The number of nitrogens with zero attached hydrogens (tertiary/aromatic N) is 1. The van der Waals surface area contributed by atoms with E-state index in [0.29, 0.717) is 5.92 Å². The van der Waals surface area contributed by atoms with Crippen LogP contribution in [0.15, 0.2) is 0 Å². The highest BCUT2D eigenvalue weighted by Crippen LogP contribution is 2.26. The zero-order valence-corrected chi connectivity index (χ0v) is 12.7. The van der Waals surface area contributed by atoms with E-state index in [0.717, 1.165) is 44.7 Å². The Morgan fingerprint density at radius 3 is 2.53 bits per heavy atom. The molecule has 1 saturated carbocycles. The lowest BCUT2D eigenvalue weighted by atomic mass is 10.00. The quantitative estimate of drug-likeness (QED) is 0.771. The predicted molar refractivity (Wildman–Crippen MR) is 78.2 cm³/mol. The highest BCUT2D eigenvalue weighted by molar-refractivity contribution is 4.82. The lowest BCUT2D eigenvalue weighted by Crippen LogP contribution is -2.42. The predicted octanol–water partition coefficient (Wildman–Crippen LogP) is 2.67. The minimum absolute atomic E-state index is 0.199. The molecule has 1 aliphatic carbocycles. The zero-order valence-electron chi connectivity index (χ0n) is 12.7. The molecule has 1 heterocycles. The van der Waals surface area contributed by atoms with Gasteiger partial charge in [-0.1, -0.05) is 26.7 Å². The number of aliphatic hydroxyl groups is 1. The number of aliphatic hydroxyl groups excluding tert-OH is 1. The maximum atomic E-state index is 10.4. The van der Waals surface area contributed by atoms with Gasteiger partial charge < -0.3 is 9.84 Å². The third-order valence-electron chi connectivity index (χ3n) is 4.77. The normalized spacial score (nSPS) is 26.7. The van der Waals surface area contributed by atoms with Crippen LogP contribution in [-0.4, -0.2) is 48.5 Å². The first-order valence-electron chi connectivity index (χ1n) is 8.16. The monoisotopic (exact) mass is 269 g/mol. The molecule has 3 nitrogen and oxygen atoms in total. The molecule has 1 aliphatic heterocycles. The first-order chi connectivity index (χ1) is 9.16. The van der Waals surface area contributed by atoms with Gasteiger partial charge in [0.2, 0.25) is 0 Å². The van der Waals surface area contributed by atoms with Crippen molar-refractivity contribution in [3.8, 4) is 0 Å². The molecule has 2 unspecified atom stereocenters. The van der Waals surface area contributed by atoms with Gasteiger partial charge in [-0.25, -0.2) is 0 Å². The van der Waals surface area contributed by atoms with Gasteiger partial charge in [-0.3, -0.25) is 4.90 Å². The molecular weight excluding hydrogens is 238 g/mol. The van der Waals surface area contributed by atoms with Crippen molar-refractivity contribution in [3.63, 3.8) is 0 Å². The van der Waals surface area contributed by atoms with Crippen LogP contribution < -0.4 is 0 Å². The molecule has 1 N–H and O–H groups in total. The van der Waals surface area contributed by atoms with Gasteiger partial charge in [-0.15, -0.1) is 0 Å². The van der Waals surface area contributed by atoms with E-state index in [1.165, 1.54) is 32.1 Å². The fourth-order valence-electron chi connectivity index (χ4n) is 3.36. The molecule has 19 heavy (non-hydrogen) atoms. The summed E-state index contributed by atoms with van der Waals surface area (Å²) in [5.74, 6) is 1.11. The first-order valence-corrected chi connectivity index (χ1v) is 8.16. The molecule has 2 rings (SSSR count). The summed E-state index contributed by atoms with van der Waals surface area (Å²) in [7, 11) is 0. The van der Waals surface area contributed by atoms with E-state index in [1.54, 1.807) is 0 Å². The van der Waals surface area contributed by atoms with Crippen LogP contribution in [0.3, 0.4) is 0 Å². The van der Waals surface area contributed by atoms with Gasteiger partial charge in [-0.05, 0) is 38.1 Å². The third kappa shape index (κ3) is 4.73. The van der Waals surface area contributed by atoms with Crippen molar-refractivity contribution in [2.75, 3.05) is 26.3 Å². The average molecular weight is 269 g/mol. The van der Waals surface area contributed by atoms with E-state index >= 15 is 0 Å². The largest absolute Gasteiger partial charge is 0.391 e. The topological polar surface area (TPSA) is 32.7 Å². The lowest BCUT2D eigenvalue weighted by molar-refractivity contribution is 0.0399. The molecule has 0 aromatic carbocycles. The van der Waals surface area contributed by atoms with Crippen molar-refractivity contribution in [1.29, 1.82) is 0 Å². The van der Waals surface area contributed by atoms with E-state index < -0.39 is 0 Å². The number of ether oxygens (including phenoxy) is 1. The van der Waals surface area contributed by atoms with Gasteiger partial charge in [-0.2, -0.15) is 0 Å². The summed E-state index contributed by atoms with van der Waals surface area (Å²) in [5.41, 5.74) is 0. The second kappa shape index (κ2) is 7.61. The highest BCUT2D eigenvalue weighted by atomic mass is 16.5. The van der Waals surface area contributed by atoms with Crippen LogP contribution in [0.25, 0.3) is 0 Å². The maximum absolute atomic E-state index is 10.4. The Balaban J connectivity index is 1.84.